The second kappa shape index (κ2) is 26.9. The van der Waals surface area contributed by atoms with Crippen LogP contribution in [0.15, 0.2) is 48.6 Å². The molecule has 0 spiro atoms. The van der Waals surface area contributed by atoms with Crippen LogP contribution in [0.4, 0.5) is 0 Å². The molecule has 0 bridgehead atoms. The van der Waals surface area contributed by atoms with E-state index in [-0.39, 0.29) is 12.8 Å². The Kier molecular flexibility index (Phi) is 24.9. The van der Waals surface area contributed by atoms with Gasteiger partial charge in [0, 0.05) is 0 Å². The van der Waals surface area contributed by atoms with Crippen LogP contribution in [-0.4, -0.2) is 108 Å². The number of amides is 1. The number of allylic oxidation sites excluding steroid dienone is 6. The van der Waals surface area contributed by atoms with Crippen molar-refractivity contribution in [2.24, 2.45) is 0 Å². The lowest BCUT2D eigenvalue weighted by atomic mass is 9.85. The van der Waals surface area contributed by atoms with Gasteiger partial charge in [-0.25, -0.2) is 4.57 Å². The molecule has 14 heteroatoms. The van der Waals surface area contributed by atoms with Gasteiger partial charge in [0.1, 0.15) is 36.6 Å². The molecule has 1 rings (SSSR count). The molecule has 1 amide bonds. The number of carbonyl (C=O) groups excluding carboxylic acids is 1. The predicted octanol–water partition coefficient (Wildman–Crippen LogP) is 3.63. The van der Waals surface area contributed by atoms with Crippen LogP contribution in [0, 0.1) is 0 Å². The Balaban J connectivity index is 2.77. The van der Waals surface area contributed by atoms with E-state index in [1.807, 2.05) is 18.2 Å². The molecule has 8 atom stereocenters. The lowest BCUT2D eigenvalue weighted by Gasteiger charge is -2.41. The summed E-state index contributed by atoms with van der Waals surface area (Å²) in [5.41, 5.74) is 0. The molecular formula is C36H64NO12P. The van der Waals surface area contributed by atoms with Gasteiger partial charge in [0.05, 0.1) is 31.3 Å². The van der Waals surface area contributed by atoms with E-state index < -0.39 is 75.2 Å². The first-order valence-electron chi connectivity index (χ1n) is 18.2. The molecule has 1 aliphatic rings. The van der Waals surface area contributed by atoms with Crippen LogP contribution in [-0.2, 0) is 18.4 Å². The van der Waals surface area contributed by atoms with Crippen molar-refractivity contribution in [2.45, 2.75) is 165 Å². The molecule has 50 heavy (non-hydrogen) atoms. The van der Waals surface area contributed by atoms with Crippen molar-refractivity contribution < 1.29 is 59.0 Å². The summed E-state index contributed by atoms with van der Waals surface area (Å²) in [6.45, 7) is 3.55. The minimum atomic E-state index is -5.14. The minimum Gasteiger partial charge on any atom is -0.392 e. The van der Waals surface area contributed by atoms with E-state index in [0.717, 1.165) is 51.4 Å². The topological polar surface area (TPSA) is 226 Å². The van der Waals surface area contributed by atoms with Crippen molar-refractivity contribution in [2.75, 3.05) is 6.61 Å². The summed E-state index contributed by atoms with van der Waals surface area (Å²) >= 11 is 0. The zero-order chi connectivity index (χ0) is 37.4. The molecule has 0 aromatic heterocycles. The standard InChI is InChI=1S/C36H64NO12P/c1-3-5-7-9-11-12-13-14-15-16-18-20-22-24-29(39)28(37-30(40)25-27(38)23-21-19-17-10-8-6-4-2)26-48-50(46,47)49-36-34(44)32(42)31(41)33(43)35(36)45/h11-12,15-16,19,21-22,24,27-29,31-36,38-39,41-45H,3-10,13-14,17-18,20,23,25-26H2,1-2H3,(H,37,40)(H,46,47)/b12-11+,16-15+,21-19-,24-22+. The third-order valence-corrected chi connectivity index (χ3v) is 9.35. The molecule has 0 radical (unpaired) electrons. The molecule has 0 saturated heterocycles. The first-order valence-corrected chi connectivity index (χ1v) is 19.7. The van der Waals surface area contributed by atoms with Gasteiger partial charge in [-0.1, -0.05) is 94.6 Å². The van der Waals surface area contributed by atoms with Crippen molar-refractivity contribution >= 4 is 13.7 Å². The van der Waals surface area contributed by atoms with Gasteiger partial charge in [-0.05, 0) is 57.8 Å². The molecule has 0 aromatic carbocycles. The van der Waals surface area contributed by atoms with Gasteiger partial charge >= 0.3 is 7.82 Å². The summed E-state index contributed by atoms with van der Waals surface area (Å²) in [5.74, 6) is -0.649. The van der Waals surface area contributed by atoms with E-state index in [9.17, 15) is 50.0 Å². The van der Waals surface area contributed by atoms with E-state index in [4.69, 9.17) is 9.05 Å². The molecule has 1 saturated carbocycles. The monoisotopic (exact) mass is 733 g/mol. The number of rotatable bonds is 27. The normalized spacial score (nSPS) is 26.2. The van der Waals surface area contributed by atoms with E-state index in [1.165, 1.54) is 25.3 Å². The van der Waals surface area contributed by atoms with Crippen LogP contribution in [0.1, 0.15) is 110 Å². The lowest BCUT2D eigenvalue weighted by molar-refractivity contribution is -0.220. The molecule has 9 N–H and O–H groups in total. The van der Waals surface area contributed by atoms with Gasteiger partial charge in [-0.2, -0.15) is 0 Å². The average molecular weight is 734 g/mol. The number of hydrogen-bond donors (Lipinski definition) is 9. The molecule has 290 valence electrons. The van der Waals surface area contributed by atoms with Crippen LogP contribution in [0.3, 0.4) is 0 Å². The molecular weight excluding hydrogens is 669 g/mol. The highest BCUT2D eigenvalue weighted by molar-refractivity contribution is 7.47. The summed E-state index contributed by atoms with van der Waals surface area (Å²) in [5, 5.41) is 73.6. The molecule has 0 aliphatic heterocycles. The highest BCUT2D eigenvalue weighted by Gasteiger charge is 2.51. The summed E-state index contributed by atoms with van der Waals surface area (Å²) in [7, 11) is -5.14. The largest absolute Gasteiger partial charge is 0.472 e. The first kappa shape index (κ1) is 46.3. The highest BCUT2D eigenvalue weighted by atomic mass is 31.2. The predicted molar refractivity (Wildman–Crippen MR) is 192 cm³/mol. The van der Waals surface area contributed by atoms with Gasteiger partial charge in [0.2, 0.25) is 5.91 Å². The number of carbonyl (C=O) groups is 1. The molecule has 13 nitrogen and oxygen atoms in total. The van der Waals surface area contributed by atoms with Crippen molar-refractivity contribution in [3.8, 4) is 0 Å². The SMILES string of the molecule is CCCCC/C=C/CC/C=C/CC/C=C/C(O)C(COP(=O)(O)OC1C(O)C(O)C(O)C(O)C1O)NC(=O)CC(O)C/C=C\CCCCCC. The van der Waals surface area contributed by atoms with Crippen LogP contribution < -0.4 is 5.32 Å². The summed E-state index contributed by atoms with van der Waals surface area (Å²) in [6.07, 6.45) is 14.1. The van der Waals surface area contributed by atoms with E-state index in [2.05, 4.69) is 37.4 Å². The summed E-state index contributed by atoms with van der Waals surface area (Å²) in [6, 6.07) is -1.28. The second-order valence-electron chi connectivity index (χ2n) is 12.9. The van der Waals surface area contributed by atoms with Gasteiger partial charge in [-0.15, -0.1) is 0 Å². The van der Waals surface area contributed by atoms with Crippen molar-refractivity contribution in [3.63, 3.8) is 0 Å². The van der Waals surface area contributed by atoms with Crippen molar-refractivity contribution in [1.29, 1.82) is 0 Å². The Morgan fingerprint density at radius 3 is 1.76 bits per heavy atom. The van der Waals surface area contributed by atoms with E-state index >= 15 is 0 Å². The summed E-state index contributed by atoms with van der Waals surface area (Å²) < 4.78 is 22.6. The zero-order valence-corrected chi connectivity index (χ0v) is 30.7. The van der Waals surface area contributed by atoms with Gasteiger partial charge < -0.3 is 46.0 Å². The number of unbranched alkanes of at least 4 members (excludes halogenated alkanes) is 9. The summed E-state index contributed by atoms with van der Waals surface area (Å²) in [4.78, 5) is 23.1. The van der Waals surface area contributed by atoms with Gasteiger partial charge in [-0.3, -0.25) is 13.8 Å². The maximum absolute atomic E-state index is 12.8. The van der Waals surface area contributed by atoms with Crippen LogP contribution in [0.25, 0.3) is 0 Å². The third-order valence-electron chi connectivity index (χ3n) is 8.36. The Morgan fingerprint density at radius 1 is 0.700 bits per heavy atom. The fourth-order valence-electron chi connectivity index (χ4n) is 5.27. The zero-order valence-electron chi connectivity index (χ0n) is 29.8. The molecule has 8 unspecified atom stereocenters. The van der Waals surface area contributed by atoms with E-state index in [1.54, 1.807) is 6.08 Å². The average Bonchev–Trinajstić information content (AvgIpc) is 3.08. The number of nitrogens with one attached hydrogen (secondary N) is 1. The maximum atomic E-state index is 12.8. The Morgan fingerprint density at radius 2 is 1.18 bits per heavy atom. The Labute approximate surface area is 298 Å². The van der Waals surface area contributed by atoms with Crippen molar-refractivity contribution in [1.82, 2.24) is 5.32 Å². The van der Waals surface area contributed by atoms with Crippen LogP contribution >= 0.6 is 7.82 Å². The first-order chi connectivity index (χ1) is 23.8. The highest BCUT2D eigenvalue weighted by Crippen LogP contribution is 2.47. The van der Waals surface area contributed by atoms with Gasteiger partial charge in [0.25, 0.3) is 0 Å². The number of hydrogen-bond acceptors (Lipinski definition) is 11. The van der Waals surface area contributed by atoms with Crippen LogP contribution in [0.2, 0.25) is 0 Å². The quantitative estimate of drug-likeness (QED) is 0.0335. The smallest absolute Gasteiger partial charge is 0.392 e. The molecule has 1 aliphatic carbocycles. The van der Waals surface area contributed by atoms with E-state index in [0.29, 0.717) is 12.8 Å². The minimum absolute atomic E-state index is 0.242. The molecule has 1 fully saturated rings. The molecule has 0 aromatic rings. The number of phosphoric ester groups is 1. The number of aliphatic hydroxyl groups excluding tert-OH is 7. The number of phosphoric acid groups is 1. The third kappa shape index (κ3) is 19.8. The fourth-order valence-corrected chi connectivity index (χ4v) is 6.23. The maximum Gasteiger partial charge on any atom is 0.472 e. The van der Waals surface area contributed by atoms with Crippen molar-refractivity contribution in [3.05, 3.63) is 48.6 Å². The Hall–Kier alpha value is -1.74. The fraction of sp³-hybridized carbons (Fsp3) is 0.750. The van der Waals surface area contributed by atoms with Crippen LogP contribution in [0.5, 0.6) is 0 Å². The second-order valence-corrected chi connectivity index (χ2v) is 14.3. The Bertz CT molecular complexity index is 1050. The molecule has 0 heterocycles. The number of aliphatic hydroxyl groups is 7. The lowest BCUT2D eigenvalue weighted by Crippen LogP contribution is -2.64. The van der Waals surface area contributed by atoms with Gasteiger partial charge in [0.15, 0.2) is 0 Å².